The molecule has 0 heterocycles. The predicted molar refractivity (Wildman–Crippen MR) is 20.9 cm³/mol. The van der Waals surface area contributed by atoms with Gasteiger partial charge in [0.25, 0.3) is 6.41 Å². The van der Waals surface area contributed by atoms with Crippen LogP contribution in [0.1, 0.15) is 0 Å². The van der Waals surface area contributed by atoms with Gasteiger partial charge in [0, 0.05) is 0 Å². The second kappa shape index (κ2) is 3.49. The van der Waals surface area contributed by atoms with Gasteiger partial charge in [-0.1, -0.05) is 0 Å². The summed E-state index contributed by atoms with van der Waals surface area (Å²) >= 11 is 0. The van der Waals surface area contributed by atoms with E-state index < -0.39 is 0 Å². The molecule has 0 fully saturated rings. The third kappa shape index (κ3) is 3.49. The minimum Gasteiger partial charge on any atom is -0.275 e. The molecule has 4 heteroatoms. The normalized spacial score (nSPS) is 9.60. The summed E-state index contributed by atoms with van der Waals surface area (Å²) in [4.78, 5) is 9.17. The Labute approximate surface area is 32.6 Å². The fraction of sp³-hybridized carbons (Fsp3) is 0. The van der Waals surface area contributed by atoms with E-state index >= 15 is 0 Å². The maximum atomic E-state index is 9.17. The van der Waals surface area contributed by atoms with Crippen LogP contribution in [-0.4, -0.2) is 16.8 Å². The molecule has 0 radical (unpaired) electrons. The van der Waals surface area contributed by atoms with Crippen LogP contribution in [-0.2, 0) is 4.79 Å². The summed E-state index contributed by atoms with van der Waals surface area (Å²) in [5.41, 5.74) is 0. The van der Waals surface area contributed by atoms with Crippen LogP contribution in [0.5, 0.6) is 0 Å². The van der Waals surface area contributed by atoms with Gasteiger partial charge in [0.1, 0.15) is 0 Å². The van der Waals surface area contributed by atoms with E-state index in [1.165, 1.54) is 0 Å². The minimum atomic E-state index is 0.424. The fourth-order valence-electron chi connectivity index (χ4n) is 0.0471. The van der Waals surface area contributed by atoms with Crippen molar-refractivity contribution in [3.05, 3.63) is 0 Å². The molecule has 0 aromatic carbocycles. The monoisotopic (exact) mass is 88.0 g/mol. The van der Waals surface area contributed by atoms with Crippen molar-refractivity contribution in [3.63, 3.8) is 0 Å². The Hall–Kier alpha value is -0.513. The van der Waals surface area contributed by atoms with E-state index in [9.17, 15) is 0 Å². The predicted octanol–water partition coefficient (Wildman–Crippen LogP) is -1.12. The molecule has 0 rings (SSSR count). The zero-order valence-corrected chi connectivity index (χ0v) is 4.88. The standard InChI is InChI=1S/CH4N2OSi/c4-1-2-3-5/h1H,5H3. The van der Waals surface area contributed by atoms with Crippen LogP contribution < -0.4 is 0 Å². The quantitative estimate of drug-likeness (QED) is 0.227. The van der Waals surface area contributed by atoms with Crippen LogP contribution in [0.4, 0.5) is 0 Å². The highest BCUT2D eigenvalue weighted by Crippen LogP contribution is 1.50. The van der Waals surface area contributed by atoms with Crippen molar-refractivity contribution in [1.82, 2.24) is 0 Å². The molecule has 0 bridgehead atoms. The highest BCUT2D eigenvalue weighted by atomic mass is 28.2. The number of carbonyl (C=O) groups is 1. The Bertz CT molecular complexity index is 51.6. The van der Waals surface area contributed by atoms with E-state index in [-0.39, 0.29) is 0 Å². The average Bonchev–Trinajstić information content (AvgIpc) is 1.41. The molecule has 0 aliphatic heterocycles. The zero-order valence-electron chi connectivity index (χ0n) is 2.88. The first-order chi connectivity index (χ1) is 2.41. The van der Waals surface area contributed by atoms with Crippen LogP contribution in [0.2, 0.25) is 0 Å². The molecule has 0 saturated carbocycles. The van der Waals surface area contributed by atoms with Crippen molar-refractivity contribution in [2.45, 2.75) is 0 Å². The summed E-state index contributed by atoms with van der Waals surface area (Å²) in [6, 6.07) is 0. The van der Waals surface area contributed by atoms with Crippen molar-refractivity contribution in [2.24, 2.45) is 9.89 Å². The maximum Gasteiger partial charge on any atom is 0.251 e. The molecule has 0 spiro atoms. The highest BCUT2D eigenvalue weighted by Gasteiger charge is 1.47. The Morgan fingerprint density at radius 2 is 2.40 bits per heavy atom. The first kappa shape index (κ1) is 4.49. The van der Waals surface area contributed by atoms with E-state index in [0.717, 1.165) is 0 Å². The molecule has 0 aromatic heterocycles. The molecule has 0 aromatic rings. The number of nitrogens with zero attached hydrogens (tertiary/aromatic N) is 2. The number of hydrogen-bond donors (Lipinski definition) is 0. The number of hydrogen-bond acceptors (Lipinski definition) is 2. The lowest BCUT2D eigenvalue weighted by Gasteiger charge is -1.54. The second-order valence-corrected chi connectivity index (χ2v) is 0.821. The molecular weight excluding hydrogens is 84.1 g/mol. The van der Waals surface area contributed by atoms with Crippen molar-refractivity contribution in [1.29, 1.82) is 0 Å². The van der Waals surface area contributed by atoms with Crippen LogP contribution in [0, 0.1) is 0 Å². The SMILES string of the molecule is O=CN=N[SiH3]. The summed E-state index contributed by atoms with van der Waals surface area (Å²) in [6.45, 7) is 0. The molecule has 28 valence electrons. The Balaban J connectivity index is 2.92. The molecule has 0 aliphatic rings. The Morgan fingerprint density at radius 3 is 2.40 bits per heavy atom. The van der Waals surface area contributed by atoms with Gasteiger partial charge in [0.05, 0.1) is 0 Å². The molecule has 3 nitrogen and oxygen atoms in total. The van der Waals surface area contributed by atoms with Gasteiger partial charge in [-0.25, -0.2) is 4.78 Å². The average molecular weight is 88.1 g/mol. The minimum absolute atomic E-state index is 0.424. The number of carbonyl (C=O) groups excluding carboxylic acids is 1. The summed E-state index contributed by atoms with van der Waals surface area (Å²) in [5.74, 6) is 0. The van der Waals surface area contributed by atoms with Crippen LogP contribution >= 0.6 is 0 Å². The maximum absolute atomic E-state index is 9.17. The van der Waals surface area contributed by atoms with E-state index in [0.29, 0.717) is 16.8 Å². The molecule has 0 saturated heterocycles. The van der Waals surface area contributed by atoms with Gasteiger partial charge in [-0.15, -0.1) is 5.11 Å². The summed E-state index contributed by atoms with van der Waals surface area (Å²) in [7, 11) is 0.626. The smallest absolute Gasteiger partial charge is 0.251 e. The summed E-state index contributed by atoms with van der Waals surface area (Å²) < 4.78 is 3.25. The first-order valence-electron chi connectivity index (χ1n) is 1.14. The van der Waals surface area contributed by atoms with E-state index in [1.807, 2.05) is 0 Å². The van der Waals surface area contributed by atoms with Crippen LogP contribution in [0.25, 0.3) is 0 Å². The Morgan fingerprint density at radius 1 is 1.80 bits per heavy atom. The van der Waals surface area contributed by atoms with E-state index in [1.54, 1.807) is 0 Å². The van der Waals surface area contributed by atoms with Gasteiger partial charge in [-0.05, 0) is 0 Å². The van der Waals surface area contributed by atoms with Gasteiger partial charge < -0.3 is 0 Å². The topological polar surface area (TPSA) is 41.8 Å². The lowest BCUT2D eigenvalue weighted by atomic mass is 11.5. The lowest BCUT2D eigenvalue weighted by Crippen LogP contribution is -1.53. The third-order valence-electron chi connectivity index (χ3n) is 0.163. The molecule has 0 unspecified atom stereocenters. The lowest BCUT2D eigenvalue weighted by molar-refractivity contribution is -0.107. The molecule has 0 atom stereocenters. The van der Waals surface area contributed by atoms with E-state index in [4.69, 9.17) is 4.79 Å². The highest BCUT2D eigenvalue weighted by molar-refractivity contribution is 6.05. The Kier molecular flexibility index (Phi) is 3.13. The summed E-state index contributed by atoms with van der Waals surface area (Å²) in [5, 5.41) is 2.98. The molecular formula is CH4N2OSi. The largest absolute Gasteiger partial charge is 0.275 e. The van der Waals surface area contributed by atoms with Crippen LogP contribution in [0.15, 0.2) is 9.89 Å². The van der Waals surface area contributed by atoms with Crippen molar-refractivity contribution >= 4 is 16.8 Å². The number of rotatable bonds is 1. The van der Waals surface area contributed by atoms with Crippen molar-refractivity contribution < 1.29 is 4.79 Å². The third-order valence-corrected chi connectivity index (χ3v) is 0.394. The van der Waals surface area contributed by atoms with Gasteiger partial charge in [-0.3, -0.25) is 4.79 Å². The number of amides is 1. The molecule has 0 aliphatic carbocycles. The molecule has 0 N–H and O–H groups in total. The van der Waals surface area contributed by atoms with Gasteiger partial charge >= 0.3 is 0 Å². The summed E-state index contributed by atoms with van der Waals surface area (Å²) in [6.07, 6.45) is 0.424. The molecule has 1 amide bonds. The van der Waals surface area contributed by atoms with Crippen molar-refractivity contribution in [3.8, 4) is 0 Å². The first-order valence-corrected chi connectivity index (χ1v) is 2.04. The van der Waals surface area contributed by atoms with Gasteiger partial charge in [-0.2, -0.15) is 0 Å². The van der Waals surface area contributed by atoms with Crippen LogP contribution in [0.3, 0.4) is 0 Å². The van der Waals surface area contributed by atoms with E-state index in [2.05, 4.69) is 9.89 Å². The zero-order chi connectivity index (χ0) is 4.12. The van der Waals surface area contributed by atoms with Crippen molar-refractivity contribution in [2.75, 3.05) is 0 Å². The fourth-order valence-corrected chi connectivity index (χ4v) is 0.141. The second-order valence-electron chi connectivity index (χ2n) is 0.421. The molecule has 5 heavy (non-hydrogen) atoms. The van der Waals surface area contributed by atoms with Gasteiger partial charge in [0.2, 0.25) is 0 Å². The van der Waals surface area contributed by atoms with Gasteiger partial charge in [0.15, 0.2) is 10.4 Å².